The fourth-order valence-electron chi connectivity index (χ4n) is 3.50. The maximum absolute atomic E-state index is 14.0. The van der Waals surface area contributed by atoms with Gasteiger partial charge in [-0.3, -0.25) is 4.79 Å². The molecule has 1 fully saturated rings. The minimum atomic E-state index is -0.437. The Bertz CT molecular complexity index is 1020. The van der Waals surface area contributed by atoms with Crippen molar-refractivity contribution < 1.29 is 9.18 Å². The molecular weight excluding hydrogens is 443 g/mol. The summed E-state index contributed by atoms with van der Waals surface area (Å²) in [7, 11) is 0. The van der Waals surface area contributed by atoms with E-state index in [1.54, 1.807) is 29.8 Å². The molecule has 4 rings (SSSR count). The highest BCUT2D eigenvalue weighted by Crippen LogP contribution is 2.32. The van der Waals surface area contributed by atoms with Gasteiger partial charge in [0.2, 0.25) is 5.91 Å². The van der Waals surface area contributed by atoms with Gasteiger partial charge in [0.1, 0.15) is 22.8 Å². The van der Waals surface area contributed by atoms with E-state index >= 15 is 0 Å². The Kier molecular flexibility index (Phi) is 5.59. The first kappa shape index (κ1) is 19.3. The Morgan fingerprint density at radius 3 is 2.82 bits per heavy atom. The average molecular weight is 463 g/mol. The van der Waals surface area contributed by atoms with Crippen molar-refractivity contribution in [3.63, 3.8) is 0 Å². The largest absolute Gasteiger partial charge is 0.356 e. The minimum absolute atomic E-state index is 0.127. The molecule has 1 aliphatic rings. The maximum atomic E-state index is 14.0. The van der Waals surface area contributed by atoms with Crippen LogP contribution in [0.1, 0.15) is 24.6 Å². The van der Waals surface area contributed by atoms with E-state index in [0.717, 1.165) is 35.5 Å². The van der Waals surface area contributed by atoms with Crippen molar-refractivity contribution in [3.8, 4) is 0 Å². The van der Waals surface area contributed by atoms with E-state index in [-0.39, 0.29) is 17.5 Å². The van der Waals surface area contributed by atoms with Crippen molar-refractivity contribution in [3.05, 3.63) is 45.8 Å². The topological polar surface area (TPSA) is 58.1 Å². The van der Waals surface area contributed by atoms with Crippen molar-refractivity contribution in [2.24, 2.45) is 5.92 Å². The number of rotatable bonds is 4. The summed E-state index contributed by atoms with van der Waals surface area (Å²) in [4.78, 5) is 26.0. The molecule has 3 aromatic rings. The van der Waals surface area contributed by atoms with Crippen LogP contribution in [0.2, 0.25) is 0 Å². The Labute approximate surface area is 175 Å². The number of thiophene rings is 1. The number of piperidine rings is 1. The van der Waals surface area contributed by atoms with Crippen LogP contribution < -0.4 is 10.2 Å². The highest BCUT2D eigenvalue weighted by Gasteiger charge is 2.27. The number of aryl methyl sites for hydroxylation is 1. The number of hydrogen-bond acceptors (Lipinski definition) is 5. The summed E-state index contributed by atoms with van der Waals surface area (Å²) in [5.41, 5.74) is 0.221. The van der Waals surface area contributed by atoms with E-state index in [9.17, 15) is 9.18 Å². The second-order valence-corrected chi connectivity index (χ2v) is 8.89. The lowest BCUT2D eigenvalue weighted by Crippen LogP contribution is -2.38. The Morgan fingerprint density at radius 1 is 1.32 bits per heavy atom. The predicted octanol–water partition coefficient (Wildman–Crippen LogP) is 5.01. The van der Waals surface area contributed by atoms with E-state index < -0.39 is 5.82 Å². The number of benzene rings is 1. The highest BCUT2D eigenvalue weighted by atomic mass is 79.9. The summed E-state index contributed by atoms with van der Waals surface area (Å²) < 4.78 is 14.6. The van der Waals surface area contributed by atoms with Gasteiger partial charge in [0.25, 0.3) is 0 Å². The predicted molar refractivity (Wildman–Crippen MR) is 114 cm³/mol. The van der Waals surface area contributed by atoms with Gasteiger partial charge in [-0.25, -0.2) is 14.4 Å². The third kappa shape index (κ3) is 3.89. The van der Waals surface area contributed by atoms with Gasteiger partial charge < -0.3 is 10.2 Å². The van der Waals surface area contributed by atoms with Gasteiger partial charge in [0, 0.05) is 28.4 Å². The van der Waals surface area contributed by atoms with Gasteiger partial charge in [-0.05, 0) is 43.5 Å². The third-order valence-electron chi connectivity index (χ3n) is 5.06. The molecule has 0 atom stereocenters. The molecule has 28 heavy (non-hydrogen) atoms. The third-order valence-corrected chi connectivity index (χ3v) is 6.74. The van der Waals surface area contributed by atoms with Gasteiger partial charge in [0.05, 0.1) is 11.1 Å². The summed E-state index contributed by atoms with van der Waals surface area (Å²) in [5, 5.41) is 3.81. The lowest BCUT2D eigenvalue weighted by molar-refractivity contribution is -0.120. The van der Waals surface area contributed by atoms with Gasteiger partial charge in [-0.2, -0.15) is 0 Å². The fraction of sp³-hybridized carbons (Fsp3) is 0.350. The van der Waals surface area contributed by atoms with E-state index in [1.165, 1.54) is 10.9 Å². The summed E-state index contributed by atoms with van der Waals surface area (Å²) in [5.74, 6) is 0.245. The molecule has 1 aliphatic heterocycles. The molecule has 0 spiro atoms. The van der Waals surface area contributed by atoms with Crippen LogP contribution in [0.4, 0.5) is 15.9 Å². The molecule has 8 heteroatoms. The zero-order chi connectivity index (χ0) is 19.7. The quantitative estimate of drug-likeness (QED) is 0.591. The highest BCUT2D eigenvalue weighted by molar-refractivity contribution is 9.10. The Hall–Kier alpha value is -2.06. The fourth-order valence-corrected chi connectivity index (χ4v) is 4.76. The number of amides is 1. The Balaban J connectivity index is 1.43. The van der Waals surface area contributed by atoms with Crippen molar-refractivity contribution >= 4 is 54.9 Å². The summed E-state index contributed by atoms with van der Waals surface area (Å²) in [6.07, 6.45) is 4.01. The molecule has 2 aromatic heterocycles. The van der Waals surface area contributed by atoms with Crippen LogP contribution in [0.3, 0.4) is 0 Å². The monoisotopic (exact) mass is 462 g/mol. The normalized spacial score (nSPS) is 15.2. The second-order valence-electron chi connectivity index (χ2n) is 6.86. The molecule has 1 amide bonds. The average Bonchev–Trinajstić information content (AvgIpc) is 3.13. The van der Waals surface area contributed by atoms with Gasteiger partial charge >= 0.3 is 0 Å². The van der Waals surface area contributed by atoms with E-state index in [4.69, 9.17) is 0 Å². The molecule has 3 heterocycles. The van der Waals surface area contributed by atoms with Crippen LogP contribution in [0.5, 0.6) is 0 Å². The van der Waals surface area contributed by atoms with E-state index in [0.29, 0.717) is 17.3 Å². The van der Waals surface area contributed by atoms with Crippen molar-refractivity contribution in [1.82, 2.24) is 9.97 Å². The molecule has 146 valence electrons. The van der Waals surface area contributed by atoms with Gasteiger partial charge in [0.15, 0.2) is 0 Å². The number of halogens is 2. The van der Waals surface area contributed by atoms with E-state index in [1.807, 2.05) is 0 Å². The minimum Gasteiger partial charge on any atom is -0.356 e. The molecule has 0 radical (unpaired) electrons. The maximum Gasteiger partial charge on any atom is 0.227 e. The number of anilines is 2. The second kappa shape index (κ2) is 8.13. The molecule has 1 N–H and O–H groups in total. The number of nitrogens with one attached hydrogen (secondary N) is 1. The summed E-state index contributed by atoms with van der Waals surface area (Å²) >= 11 is 4.93. The number of carbonyl (C=O) groups is 1. The van der Waals surface area contributed by atoms with Crippen molar-refractivity contribution in [1.29, 1.82) is 0 Å². The van der Waals surface area contributed by atoms with Crippen LogP contribution in [0.25, 0.3) is 10.2 Å². The molecule has 0 unspecified atom stereocenters. The number of carbonyl (C=O) groups excluding carboxylic acids is 1. The van der Waals surface area contributed by atoms with Gasteiger partial charge in [-0.15, -0.1) is 11.3 Å². The van der Waals surface area contributed by atoms with Crippen LogP contribution in [-0.4, -0.2) is 29.0 Å². The van der Waals surface area contributed by atoms with Gasteiger partial charge in [-0.1, -0.05) is 22.9 Å². The first-order chi connectivity index (χ1) is 13.5. The van der Waals surface area contributed by atoms with Crippen molar-refractivity contribution in [2.75, 3.05) is 23.3 Å². The molecule has 1 aromatic carbocycles. The zero-order valence-corrected chi connectivity index (χ0v) is 17.8. The van der Waals surface area contributed by atoms with Crippen LogP contribution in [0.15, 0.2) is 35.1 Å². The first-order valence-corrected chi connectivity index (χ1v) is 10.9. The molecule has 0 aliphatic carbocycles. The van der Waals surface area contributed by atoms with Crippen LogP contribution in [0, 0.1) is 11.7 Å². The lowest BCUT2D eigenvalue weighted by atomic mass is 9.95. The molecule has 0 saturated carbocycles. The van der Waals surface area contributed by atoms with Crippen LogP contribution >= 0.6 is 27.3 Å². The number of hydrogen-bond donors (Lipinski definition) is 1. The molecule has 1 saturated heterocycles. The number of nitrogens with zero attached hydrogens (tertiary/aromatic N) is 3. The SMILES string of the molecule is CCc1cc2c(N3CCC(C(=O)Nc4ccc(Br)cc4F)CC3)ncnc2s1. The lowest BCUT2D eigenvalue weighted by Gasteiger charge is -2.32. The smallest absolute Gasteiger partial charge is 0.227 e. The first-order valence-electron chi connectivity index (χ1n) is 9.29. The molecule has 5 nitrogen and oxygen atoms in total. The molecular formula is C20H20BrFN4OS. The molecule has 0 bridgehead atoms. The summed E-state index contributed by atoms with van der Waals surface area (Å²) in [6, 6.07) is 6.81. The van der Waals surface area contributed by atoms with Crippen LogP contribution in [-0.2, 0) is 11.2 Å². The standard InChI is InChI=1S/C20H20BrFN4OS/c1-2-14-10-15-18(23-11-24-20(15)28-14)26-7-5-12(6-8-26)19(27)25-17-4-3-13(21)9-16(17)22/h3-4,9-12H,2,5-8H2,1H3,(H,25,27). The number of aromatic nitrogens is 2. The summed E-state index contributed by atoms with van der Waals surface area (Å²) in [6.45, 7) is 3.62. The number of fused-ring (bicyclic) bond motifs is 1. The van der Waals surface area contributed by atoms with Crippen molar-refractivity contribution in [2.45, 2.75) is 26.2 Å². The van der Waals surface area contributed by atoms with E-state index in [2.05, 4.69) is 49.1 Å². The zero-order valence-electron chi connectivity index (χ0n) is 15.4. The Morgan fingerprint density at radius 2 is 2.11 bits per heavy atom.